The first kappa shape index (κ1) is 11.8. The second-order valence-electron chi connectivity index (χ2n) is 3.51. The number of halogens is 2. The van der Waals surface area contributed by atoms with Crippen molar-refractivity contribution in [3.05, 3.63) is 29.8 Å². The summed E-state index contributed by atoms with van der Waals surface area (Å²) in [5.41, 5.74) is 1.03. The molecule has 1 aliphatic rings. The smallest absolute Gasteiger partial charge is 0.288 e. The first-order valence-corrected chi connectivity index (χ1v) is 6.01. The Morgan fingerprint density at radius 1 is 1.31 bits per heavy atom. The van der Waals surface area contributed by atoms with E-state index >= 15 is 0 Å². The third kappa shape index (κ3) is 3.17. The van der Waals surface area contributed by atoms with E-state index in [1.54, 1.807) is 12.1 Å². The zero-order chi connectivity index (χ0) is 11.4. The first-order valence-electron chi connectivity index (χ1n) is 5.13. The second-order valence-corrected chi connectivity index (χ2v) is 4.57. The van der Waals surface area contributed by atoms with Crippen LogP contribution in [-0.2, 0) is 4.74 Å². The van der Waals surface area contributed by atoms with E-state index in [0.717, 1.165) is 18.7 Å². The van der Waals surface area contributed by atoms with Crippen LogP contribution in [0.3, 0.4) is 0 Å². The Bertz CT molecular complexity index is 325. The van der Waals surface area contributed by atoms with Gasteiger partial charge in [0.1, 0.15) is 0 Å². The maximum Gasteiger partial charge on any atom is 0.288 e. The van der Waals surface area contributed by atoms with Crippen molar-refractivity contribution in [2.45, 2.75) is 16.8 Å². The number of hydrogen-bond acceptors (Lipinski definition) is 3. The van der Waals surface area contributed by atoms with Crippen LogP contribution < -0.4 is 5.32 Å². The zero-order valence-electron chi connectivity index (χ0n) is 8.66. The van der Waals surface area contributed by atoms with E-state index < -0.39 is 5.76 Å². The van der Waals surface area contributed by atoms with Crippen molar-refractivity contribution >= 4 is 11.8 Å². The van der Waals surface area contributed by atoms with Crippen molar-refractivity contribution in [1.29, 1.82) is 0 Å². The van der Waals surface area contributed by atoms with Gasteiger partial charge >= 0.3 is 0 Å². The fraction of sp³-hybridized carbons (Fsp3) is 0.455. The lowest BCUT2D eigenvalue weighted by atomic mass is 10.1. The quantitative estimate of drug-likeness (QED) is 0.827. The molecule has 1 aromatic rings. The summed E-state index contributed by atoms with van der Waals surface area (Å²) in [7, 11) is 0. The van der Waals surface area contributed by atoms with Crippen LogP contribution in [0.25, 0.3) is 0 Å². The van der Waals surface area contributed by atoms with E-state index in [0.29, 0.717) is 23.3 Å². The molecule has 1 atom stereocenters. The molecule has 2 nitrogen and oxygen atoms in total. The van der Waals surface area contributed by atoms with Gasteiger partial charge < -0.3 is 10.1 Å². The fourth-order valence-electron chi connectivity index (χ4n) is 1.64. The molecule has 0 spiro atoms. The molecule has 1 saturated heterocycles. The maximum atomic E-state index is 12.1. The van der Waals surface area contributed by atoms with E-state index in [1.807, 2.05) is 12.1 Å². The summed E-state index contributed by atoms with van der Waals surface area (Å²) >= 11 is 0.564. The molecule has 1 heterocycles. The molecule has 2 rings (SSSR count). The van der Waals surface area contributed by atoms with Crippen molar-refractivity contribution in [2.24, 2.45) is 0 Å². The summed E-state index contributed by atoms with van der Waals surface area (Å²) in [6.45, 7) is 2.34. The number of morpholine rings is 1. The average Bonchev–Trinajstić information content (AvgIpc) is 2.30. The maximum absolute atomic E-state index is 12.1. The summed E-state index contributed by atoms with van der Waals surface area (Å²) in [6, 6.07) is 7.12. The molecule has 1 fully saturated rings. The average molecular weight is 245 g/mol. The van der Waals surface area contributed by atoms with Crippen LogP contribution in [0.4, 0.5) is 8.78 Å². The summed E-state index contributed by atoms with van der Waals surface area (Å²) in [5, 5.41) is 3.23. The third-order valence-corrected chi connectivity index (χ3v) is 3.13. The van der Waals surface area contributed by atoms with Crippen molar-refractivity contribution in [2.75, 3.05) is 19.7 Å². The monoisotopic (exact) mass is 245 g/mol. The van der Waals surface area contributed by atoms with Gasteiger partial charge in [0.25, 0.3) is 5.76 Å². The minimum Gasteiger partial charge on any atom is -0.371 e. The van der Waals surface area contributed by atoms with E-state index in [4.69, 9.17) is 4.74 Å². The molecule has 1 unspecified atom stereocenters. The first-order chi connectivity index (χ1) is 7.75. The van der Waals surface area contributed by atoms with E-state index in [1.165, 1.54) is 0 Å². The number of nitrogens with one attached hydrogen (secondary N) is 1. The minimum atomic E-state index is -2.36. The Hall–Kier alpha value is -0.650. The number of rotatable bonds is 3. The topological polar surface area (TPSA) is 21.3 Å². The van der Waals surface area contributed by atoms with Gasteiger partial charge in [-0.05, 0) is 17.7 Å². The van der Waals surface area contributed by atoms with Gasteiger partial charge in [-0.15, -0.1) is 0 Å². The van der Waals surface area contributed by atoms with Gasteiger partial charge in [-0.3, -0.25) is 0 Å². The van der Waals surface area contributed by atoms with Crippen LogP contribution in [0, 0.1) is 0 Å². The highest BCUT2D eigenvalue weighted by molar-refractivity contribution is 7.99. The Balaban J connectivity index is 2.00. The zero-order valence-corrected chi connectivity index (χ0v) is 9.47. The van der Waals surface area contributed by atoms with Gasteiger partial charge in [0.2, 0.25) is 0 Å². The summed E-state index contributed by atoms with van der Waals surface area (Å²) < 4.78 is 29.8. The lowest BCUT2D eigenvalue weighted by Crippen LogP contribution is -2.33. The highest BCUT2D eigenvalue weighted by Gasteiger charge is 2.15. The molecule has 0 saturated carbocycles. The van der Waals surface area contributed by atoms with Crippen LogP contribution in [0.5, 0.6) is 0 Å². The van der Waals surface area contributed by atoms with Gasteiger partial charge in [0, 0.05) is 18.0 Å². The Morgan fingerprint density at radius 2 is 2.06 bits per heavy atom. The predicted octanol–water partition coefficient (Wildman–Crippen LogP) is 2.66. The molecule has 0 aromatic heterocycles. The van der Waals surface area contributed by atoms with Gasteiger partial charge in [0.15, 0.2) is 0 Å². The van der Waals surface area contributed by atoms with Crippen molar-refractivity contribution < 1.29 is 13.5 Å². The molecule has 0 aliphatic carbocycles. The Morgan fingerprint density at radius 3 is 2.62 bits per heavy atom. The van der Waals surface area contributed by atoms with Gasteiger partial charge in [-0.25, -0.2) is 0 Å². The minimum absolute atomic E-state index is 0.0411. The highest BCUT2D eigenvalue weighted by atomic mass is 32.2. The van der Waals surface area contributed by atoms with Gasteiger partial charge in [0.05, 0.1) is 12.7 Å². The molecule has 1 aromatic carbocycles. The largest absolute Gasteiger partial charge is 0.371 e. The normalized spacial score (nSPS) is 21.3. The molecule has 0 radical (unpaired) electrons. The standard InChI is InChI=1S/C11H13F2NOS/c12-11(13)16-9-3-1-8(2-4-9)10-7-14-5-6-15-10/h1-4,10-11,14H,5-7H2. The van der Waals surface area contributed by atoms with Gasteiger partial charge in [-0.2, -0.15) is 8.78 Å². The SMILES string of the molecule is FC(F)Sc1ccc(C2CNCCO2)cc1. The molecule has 0 amide bonds. The van der Waals surface area contributed by atoms with Crippen LogP contribution >= 0.6 is 11.8 Å². The highest BCUT2D eigenvalue weighted by Crippen LogP contribution is 2.27. The number of ether oxygens (including phenoxy) is 1. The number of alkyl halides is 2. The van der Waals surface area contributed by atoms with Gasteiger partial charge in [-0.1, -0.05) is 23.9 Å². The van der Waals surface area contributed by atoms with Crippen LogP contribution in [0.15, 0.2) is 29.2 Å². The van der Waals surface area contributed by atoms with Crippen molar-refractivity contribution in [1.82, 2.24) is 5.32 Å². The van der Waals surface area contributed by atoms with Crippen LogP contribution in [0.2, 0.25) is 0 Å². The molecular formula is C11H13F2NOS. The van der Waals surface area contributed by atoms with Crippen LogP contribution in [-0.4, -0.2) is 25.5 Å². The number of hydrogen-bond donors (Lipinski definition) is 1. The predicted molar refractivity (Wildman–Crippen MR) is 59.9 cm³/mol. The molecule has 16 heavy (non-hydrogen) atoms. The summed E-state index contributed by atoms with van der Waals surface area (Å²) in [4.78, 5) is 0.586. The third-order valence-electron chi connectivity index (χ3n) is 2.40. The lowest BCUT2D eigenvalue weighted by molar-refractivity contribution is 0.0277. The van der Waals surface area contributed by atoms with Crippen LogP contribution in [0.1, 0.15) is 11.7 Å². The van der Waals surface area contributed by atoms with Crippen molar-refractivity contribution in [3.8, 4) is 0 Å². The number of thioether (sulfide) groups is 1. The number of benzene rings is 1. The van der Waals surface area contributed by atoms with E-state index in [9.17, 15) is 8.78 Å². The fourth-order valence-corrected chi connectivity index (χ4v) is 2.14. The molecule has 1 aliphatic heterocycles. The summed E-state index contributed by atoms with van der Waals surface area (Å²) in [6.07, 6.45) is 0.0411. The Kier molecular flexibility index (Phi) is 4.15. The molecular weight excluding hydrogens is 232 g/mol. The molecule has 1 N–H and O–H groups in total. The second kappa shape index (κ2) is 5.61. The molecule has 88 valence electrons. The molecule has 0 bridgehead atoms. The van der Waals surface area contributed by atoms with E-state index in [2.05, 4.69) is 5.32 Å². The lowest BCUT2D eigenvalue weighted by Gasteiger charge is -2.24. The summed E-state index contributed by atoms with van der Waals surface area (Å²) in [5.74, 6) is -2.36. The Labute approximate surface area is 97.4 Å². The molecule has 5 heteroatoms. The van der Waals surface area contributed by atoms with Crippen molar-refractivity contribution in [3.63, 3.8) is 0 Å². The van der Waals surface area contributed by atoms with E-state index in [-0.39, 0.29) is 6.10 Å².